The van der Waals surface area contributed by atoms with Crippen LogP contribution in [0.4, 0.5) is 0 Å². The highest BCUT2D eigenvalue weighted by molar-refractivity contribution is 6.46. The van der Waals surface area contributed by atoms with Crippen LogP contribution in [0.2, 0.25) is 0 Å². The molecule has 0 radical (unpaired) electrons. The second-order valence-corrected chi connectivity index (χ2v) is 5.77. The molecule has 0 atom stereocenters. The van der Waals surface area contributed by atoms with Crippen molar-refractivity contribution in [3.63, 3.8) is 0 Å². The Hall–Kier alpha value is -2.64. The molecule has 7 heteroatoms. The third kappa shape index (κ3) is 3.89. The van der Waals surface area contributed by atoms with Crippen molar-refractivity contribution in [2.24, 2.45) is 10.9 Å². The summed E-state index contributed by atoms with van der Waals surface area (Å²) in [6.07, 6.45) is 0. The molecule has 1 heterocycles. The summed E-state index contributed by atoms with van der Waals surface area (Å²) in [5.41, 5.74) is 5.60. The average Bonchev–Trinajstić information content (AvgIpc) is 2.64. The van der Waals surface area contributed by atoms with Crippen LogP contribution in [0.25, 0.3) is 10.8 Å². The van der Waals surface area contributed by atoms with Crippen molar-refractivity contribution in [2.75, 3.05) is 39.5 Å². The number of morpholine rings is 1. The van der Waals surface area contributed by atoms with E-state index in [9.17, 15) is 4.79 Å². The van der Waals surface area contributed by atoms with Crippen LogP contribution in [0.1, 0.15) is 5.56 Å². The summed E-state index contributed by atoms with van der Waals surface area (Å²) < 4.78 is 11.3. The number of fused-ring (bicyclic) bond motifs is 1. The van der Waals surface area contributed by atoms with Gasteiger partial charge in [0.2, 0.25) is 0 Å². The number of nitrogens with two attached hydrogens (primary N) is 1. The van der Waals surface area contributed by atoms with Crippen LogP contribution in [0, 0.1) is 0 Å². The first-order valence-corrected chi connectivity index (χ1v) is 8.17. The molecule has 2 aromatic rings. The molecule has 1 fully saturated rings. The second-order valence-electron chi connectivity index (χ2n) is 5.77. The normalized spacial score (nSPS) is 16.1. The van der Waals surface area contributed by atoms with Crippen LogP contribution in [-0.4, -0.2) is 61.2 Å². The minimum absolute atomic E-state index is 0.170. The molecule has 3 rings (SSSR count). The van der Waals surface area contributed by atoms with Crippen LogP contribution in [0.15, 0.2) is 41.6 Å². The average molecular weight is 343 g/mol. The lowest BCUT2D eigenvalue weighted by atomic mass is 10.00. The number of hydrogen-bond acceptors (Lipinski definition) is 6. The zero-order chi connectivity index (χ0) is 17.6. The Morgan fingerprint density at radius 1 is 1.20 bits per heavy atom. The van der Waals surface area contributed by atoms with Gasteiger partial charge in [-0.2, -0.15) is 0 Å². The monoisotopic (exact) mass is 343 g/mol. The van der Waals surface area contributed by atoms with Gasteiger partial charge in [0.1, 0.15) is 12.4 Å². The van der Waals surface area contributed by atoms with E-state index < -0.39 is 5.91 Å². The third-order valence-corrected chi connectivity index (χ3v) is 4.24. The summed E-state index contributed by atoms with van der Waals surface area (Å²) in [7, 11) is 0. The lowest BCUT2D eigenvalue weighted by molar-refractivity contribution is -0.112. The predicted octanol–water partition coefficient (Wildman–Crippen LogP) is 1.21. The second kappa shape index (κ2) is 7.96. The van der Waals surface area contributed by atoms with Gasteiger partial charge in [-0.05, 0) is 17.5 Å². The molecule has 2 aromatic carbocycles. The number of amides is 1. The van der Waals surface area contributed by atoms with E-state index in [1.54, 1.807) is 12.1 Å². The number of benzene rings is 2. The molecular weight excluding hydrogens is 322 g/mol. The van der Waals surface area contributed by atoms with Gasteiger partial charge < -0.3 is 20.4 Å². The molecule has 25 heavy (non-hydrogen) atoms. The van der Waals surface area contributed by atoms with Crippen LogP contribution < -0.4 is 10.5 Å². The van der Waals surface area contributed by atoms with E-state index in [4.69, 9.17) is 20.4 Å². The maximum Gasteiger partial charge on any atom is 0.271 e. The fourth-order valence-electron chi connectivity index (χ4n) is 2.95. The van der Waals surface area contributed by atoms with Crippen LogP contribution >= 0.6 is 0 Å². The third-order valence-electron chi connectivity index (χ3n) is 4.24. The molecule has 1 amide bonds. The van der Waals surface area contributed by atoms with Crippen molar-refractivity contribution >= 4 is 22.4 Å². The highest BCUT2D eigenvalue weighted by atomic mass is 16.5. The topological polar surface area (TPSA) is 97.4 Å². The highest BCUT2D eigenvalue weighted by Gasteiger charge is 2.16. The zero-order valence-corrected chi connectivity index (χ0v) is 13.9. The Morgan fingerprint density at radius 2 is 1.92 bits per heavy atom. The maximum absolute atomic E-state index is 11.5. The van der Waals surface area contributed by atoms with Gasteiger partial charge in [0.05, 0.1) is 13.2 Å². The van der Waals surface area contributed by atoms with E-state index in [2.05, 4.69) is 10.1 Å². The van der Waals surface area contributed by atoms with E-state index in [0.717, 1.165) is 49.4 Å². The predicted molar refractivity (Wildman–Crippen MR) is 94.2 cm³/mol. The molecule has 1 saturated heterocycles. The summed E-state index contributed by atoms with van der Waals surface area (Å²) in [4.78, 5) is 13.8. The first kappa shape index (κ1) is 17.2. The molecular formula is C18H21N3O4. The van der Waals surface area contributed by atoms with Crippen LogP contribution in [-0.2, 0) is 9.53 Å². The molecule has 1 aliphatic heterocycles. The lowest BCUT2D eigenvalue weighted by Crippen LogP contribution is -2.38. The van der Waals surface area contributed by atoms with Gasteiger partial charge in [-0.25, -0.2) is 0 Å². The largest absolute Gasteiger partial charge is 0.492 e. The molecule has 3 N–H and O–H groups in total. The molecule has 0 bridgehead atoms. The Morgan fingerprint density at radius 3 is 2.60 bits per heavy atom. The van der Waals surface area contributed by atoms with Crippen molar-refractivity contribution in [2.45, 2.75) is 0 Å². The van der Waals surface area contributed by atoms with Gasteiger partial charge in [0.25, 0.3) is 5.91 Å². The van der Waals surface area contributed by atoms with Crippen molar-refractivity contribution in [1.82, 2.24) is 4.90 Å². The van der Waals surface area contributed by atoms with E-state index >= 15 is 0 Å². The smallest absolute Gasteiger partial charge is 0.271 e. The van der Waals surface area contributed by atoms with E-state index in [1.165, 1.54) is 0 Å². The van der Waals surface area contributed by atoms with Crippen LogP contribution in [0.3, 0.4) is 0 Å². The minimum Gasteiger partial charge on any atom is -0.492 e. The van der Waals surface area contributed by atoms with Gasteiger partial charge in [-0.15, -0.1) is 0 Å². The van der Waals surface area contributed by atoms with E-state index in [1.807, 2.05) is 24.3 Å². The SMILES string of the molecule is NC(=O)/C(=N\O)c1ccc(OCCN2CCOCC2)c2ccccc12. The Balaban J connectivity index is 1.81. The summed E-state index contributed by atoms with van der Waals surface area (Å²) in [6, 6.07) is 10.9. The van der Waals surface area contributed by atoms with Crippen molar-refractivity contribution in [3.8, 4) is 5.75 Å². The highest BCUT2D eigenvalue weighted by Crippen LogP contribution is 2.29. The minimum atomic E-state index is -0.784. The van der Waals surface area contributed by atoms with Gasteiger partial charge in [-0.1, -0.05) is 29.4 Å². The van der Waals surface area contributed by atoms with E-state index in [-0.39, 0.29) is 5.71 Å². The lowest BCUT2D eigenvalue weighted by Gasteiger charge is -2.26. The molecule has 132 valence electrons. The Bertz CT molecular complexity index is 785. The quantitative estimate of drug-likeness (QED) is 0.467. The van der Waals surface area contributed by atoms with Crippen LogP contribution in [0.5, 0.6) is 5.75 Å². The number of carbonyl (C=O) groups excluding carboxylic acids is 1. The molecule has 0 aromatic heterocycles. The number of rotatable bonds is 6. The first-order chi connectivity index (χ1) is 12.2. The maximum atomic E-state index is 11.5. The fourth-order valence-corrected chi connectivity index (χ4v) is 2.95. The Labute approximate surface area is 145 Å². The molecule has 0 unspecified atom stereocenters. The Kier molecular flexibility index (Phi) is 5.47. The number of oxime groups is 1. The number of hydrogen-bond donors (Lipinski definition) is 2. The molecule has 1 aliphatic rings. The van der Waals surface area contributed by atoms with Crippen molar-refractivity contribution in [1.29, 1.82) is 0 Å². The number of nitrogens with zero attached hydrogens (tertiary/aromatic N) is 2. The van der Waals surface area contributed by atoms with Gasteiger partial charge in [-0.3, -0.25) is 9.69 Å². The van der Waals surface area contributed by atoms with Gasteiger partial charge >= 0.3 is 0 Å². The van der Waals surface area contributed by atoms with Crippen molar-refractivity contribution < 1.29 is 19.5 Å². The fraction of sp³-hybridized carbons (Fsp3) is 0.333. The van der Waals surface area contributed by atoms with E-state index in [0.29, 0.717) is 12.2 Å². The first-order valence-electron chi connectivity index (χ1n) is 8.17. The molecule has 0 aliphatic carbocycles. The van der Waals surface area contributed by atoms with Gasteiger partial charge in [0, 0.05) is 30.6 Å². The number of carbonyl (C=O) groups is 1. The molecule has 0 spiro atoms. The summed E-state index contributed by atoms with van der Waals surface area (Å²) in [5, 5.41) is 13.7. The zero-order valence-electron chi connectivity index (χ0n) is 13.9. The van der Waals surface area contributed by atoms with Crippen molar-refractivity contribution in [3.05, 3.63) is 42.0 Å². The standard InChI is InChI=1S/C18H21N3O4/c19-18(22)17(20-23)15-5-6-16(14-4-2-1-3-13(14)15)25-12-9-21-7-10-24-11-8-21/h1-6,23H,7-12H2,(H2,19,22)/b20-17-. The number of ether oxygens (including phenoxy) is 2. The summed E-state index contributed by atoms with van der Waals surface area (Å²) in [5.74, 6) is -0.0667. The molecule has 0 saturated carbocycles. The van der Waals surface area contributed by atoms with Gasteiger partial charge in [0.15, 0.2) is 5.71 Å². The number of primary amides is 1. The summed E-state index contributed by atoms with van der Waals surface area (Å²) in [6.45, 7) is 4.72. The molecule has 7 nitrogen and oxygen atoms in total. The summed E-state index contributed by atoms with van der Waals surface area (Å²) >= 11 is 0.